The van der Waals surface area contributed by atoms with Crippen molar-refractivity contribution in [3.05, 3.63) is 30.3 Å². The molecule has 0 aliphatic heterocycles. The van der Waals surface area contributed by atoms with Crippen LogP contribution in [-0.2, 0) is 9.53 Å². The Morgan fingerprint density at radius 2 is 1.87 bits per heavy atom. The topological polar surface area (TPSA) is 46.5 Å². The number of aliphatic hydroxyl groups is 1. The number of ether oxygens (including phenoxy) is 1. The maximum absolute atomic E-state index is 12.5. The van der Waals surface area contributed by atoms with E-state index >= 15 is 0 Å². The van der Waals surface area contributed by atoms with E-state index in [4.69, 9.17) is 4.74 Å². The van der Waals surface area contributed by atoms with E-state index < -0.39 is 17.6 Å². The first-order chi connectivity index (χ1) is 10.8. The minimum atomic E-state index is -0.609. The fourth-order valence-electron chi connectivity index (χ4n) is 2.22. The molecule has 0 bridgehead atoms. The molecule has 1 aromatic rings. The summed E-state index contributed by atoms with van der Waals surface area (Å²) in [5.74, 6) is -0.689. The van der Waals surface area contributed by atoms with Crippen LogP contribution < -0.4 is 4.46 Å². The zero-order valence-electron chi connectivity index (χ0n) is 14.7. The molecule has 0 radical (unpaired) electrons. The standard InChI is InChI=1S/C19H30O3Se/c1-5-6-8-13-17(20)16(18(21)22-19(2,3)4)14-23-15-11-9-7-10-12-15/h7,9-12,16-17,20H,5-6,8,13-14H2,1-4H3/t16-,17+/m0/s1. The Balaban J connectivity index is 2.68. The Morgan fingerprint density at radius 3 is 2.43 bits per heavy atom. The van der Waals surface area contributed by atoms with Crippen LogP contribution in [0.3, 0.4) is 0 Å². The van der Waals surface area contributed by atoms with E-state index in [2.05, 4.69) is 19.1 Å². The third kappa shape index (κ3) is 8.55. The number of hydrogen-bond acceptors (Lipinski definition) is 3. The van der Waals surface area contributed by atoms with Crippen LogP contribution in [0.15, 0.2) is 30.3 Å². The second kappa shape index (κ2) is 10.1. The molecule has 0 saturated carbocycles. The van der Waals surface area contributed by atoms with Crippen molar-refractivity contribution >= 4 is 25.4 Å². The van der Waals surface area contributed by atoms with Crippen molar-refractivity contribution in [3.8, 4) is 0 Å². The molecule has 3 nitrogen and oxygen atoms in total. The molecule has 0 aliphatic carbocycles. The van der Waals surface area contributed by atoms with Crippen molar-refractivity contribution in [3.63, 3.8) is 0 Å². The Hall–Kier alpha value is -0.831. The predicted octanol–water partition coefficient (Wildman–Crippen LogP) is 3.33. The fourth-order valence-corrected chi connectivity index (χ4v) is 4.49. The summed E-state index contributed by atoms with van der Waals surface area (Å²) in [5.41, 5.74) is -0.516. The van der Waals surface area contributed by atoms with Gasteiger partial charge in [-0.25, -0.2) is 0 Å². The number of carbonyl (C=O) groups excluding carboxylic acids is 1. The molecule has 2 atom stereocenters. The summed E-state index contributed by atoms with van der Waals surface area (Å²) in [7, 11) is 0. The zero-order valence-corrected chi connectivity index (χ0v) is 16.5. The van der Waals surface area contributed by atoms with Gasteiger partial charge in [0.25, 0.3) is 0 Å². The summed E-state index contributed by atoms with van der Waals surface area (Å²) in [4.78, 5) is 12.5. The molecule has 0 spiro atoms. The Labute approximate surface area is 147 Å². The van der Waals surface area contributed by atoms with E-state index in [0.717, 1.165) is 19.3 Å². The van der Waals surface area contributed by atoms with Gasteiger partial charge in [-0.2, -0.15) is 0 Å². The molecule has 0 unspecified atom stereocenters. The van der Waals surface area contributed by atoms with Gasteiger partial charge in [-0.15, -0.1) is 0 Å². The number of aliphatic hydroxyl groups excluding tert-OH is 1. The van der Waals surface area contributed by atoms with Crippen LogP contribution in [0.25, 0.3) is 0 Å². The molecule has 0 aromatic heterocycles. The molecule has 0 fully saturated rings. The van der Waals surface area contributed by atoms with Crippen LogP contribution in [0.1, 0.15) is 53.4 Å². The summed E-state index contributed by atoms with van der Waals surface area (Å²) in [5, 5.41) is 11.2. The average Bonchev–Trinajstić information content (AvgIpc) is 2.47. The van der Waals surface area contributed by atoms with E-state index in [1.807, 2.05) is 39.0 Å². The van der Waals surface area contributed by atoms with E-state index in [0.29, 0.717) is 11.7 Å². The first-order valence-corrected chi connectivity index (χ1v) is 10.5. The van der Waals surface area contributed by atoms with Gasteiger partial charge in [0.2, 0.25) is 0 Å². The quantitative estimate of drug-likeness (QED) is 0.403. The Bertz CT molecular complexity index is 453. The summed E-state index contributed by atoms with van der Waals surface area (Å²) >= 11 is 0.161. The molecule has 0 amide bonds. The molecule has 1 rings (SSSR count). The molecule has 23 heavy (non-hydrogen) atoms. The third-order valence-electron chi connectivity index (χ3n) is 3.45. The van der Waals surface area contributed by atoms with Gasteiger partial charge in [-0.05, 0) is 0 Å². The van der Waals surface area contributed by atoms with Gasteiger partial charge in [0, 0.05) is 0 Å². The predicted molar refractivity (Wildman–Crippen MR) is 96.1 cm³/mol. The molecule has 130 valence electrons. The first-order valence-electron chi connectivity index (χ1n) is 8.42. The summed E-state index contributed by atoms with van der Waals surface area (Å²) in [6.07, 6.45) is 3.21. The van der Waals surface area contributed by atoms with Gasteiger partial charge in [0.05, 0.1) is 0 Å². The number of unbranched alkanes of at least 4 members (excludes halogenated alkanes) is 2. The molecule has 1 N–H and O–H groups in total. The van der Waals surface area contributed by atoms with Crippen molar-refractivity contribution in [2.75, 3.05) is 0 Å². The third-order valence-corrected chi connectivity index (χ3v) is 5.82. The Kier molecular flexibility index (Phi) is 8.90. The van der Waals surface area contributed by atoms with Crippen LogP contribution in [0.4, 0.5) is 0 Å². The molecule has 0 heterocycles. The van der Waals surface area contributed by atoms with Crippen molar-refractivity contribution in [2.45, 2.75) is 70.4 Å². The second-order valence-electron chi connectivity index (χ2n) is 6.83. The van der Waals surface area contributed by atoms with Gasteiger partial charge in [-0.3, -0.25) is 0 Å². The summed E-state index contributed by atoms with van der Waals surface area (Å²) in [6.45, 7) is 7.74. The van der Waals surface area contributed by atoms with Crippen LogP contribution in [0, 0.1) is 5.92 Å². The van der Waals surface area contributed by atoms with Crippen molar-refractivity contribution in [2.24, 2.45) is 5.92 Å². The van der Waals surface area contributed by atoms with Gasteiger partial charge in [0.1, 0.15) is 0 Å². The summed E-state index contributed by atoms with van der Waals surface area (Å²) < 4.78 is 6.77. The van der Waals surface area contributed by atoms with E-state index in [9.17, 15) is 9.90 Å². The number of rotatable bonds is 9. The maximum atomic E-state index is 12.5. The van der Waals surface area contributed by atoms with Crippen LogP contribution in [-0.4, -0.2) is 37.7 Å². The van der Waals surface area contributed by atoms with Crippen LogP contribution in [0.2, 0.25) is 5.32 Å². The normalized spacial score (nSPS) is 14.3. The summed E-state index contributed by atoms with van der Waals surface area (Å²) in [6, 6.07) is 10.2. The van der Waals surface area contributed by atoms with E-state index in [1.165, 1.54) is 4.46 Å². The monoisotopic (exact) mass is 386 g/mol. The van der Waals surface area contributed by atoms with E-state index in [1.54, 1.807) is 0 Å². The van der Waals surface area contributed by atoms with Crippen LogP contribution in [0.5, 0.6) is 0 Å². The molecule has 0 saturated heterocycles. The van der Waals surface area contributed by atoms with Crippen LogP contribution >= 0.6 is 0 Å². The number of carbonyl (C=O) groups is 1. The SMILES string of the molecule is CCCCC[C@@H](O)[C@H](C[Se]c1ccccc1)C(=O)OC(C)(C)C. The molecular formula is C19H30O3Se. The molecular weight excluding hydrogens is 355 g/mol. The van der Waals surface area contributed by atoms with Crippen molar-refractivity contribution in [1.29, 1.82) is 0 Å². The van der Waals surface area contributed by atoms with Crippen molar-refractivity contribution < 1.29 is 14.6 Å². The van der Waals surface area contributed by atoms with Crippen molar-refractivity contribution in [1.82, 2.24) is 0 Å². The Morgan fingerprint density at radius 1 is 1.22 bits per heavy atom. The van der Waals surface area contributed by atoms with Gasteiger partial charge >= 0.3 is 147 Å². The number of esters is 1. The van der Waals surface area contributed by atoms with E-state index in [-0.39, 0.29) is 20.9 Å². The number of hydrogen-bond donors (Lipinski definition) is 1. The molecule has 4 heteroatoms. The number of benzene rings is 1. The minimum absolute atomic E-state index is 0.161. The molecule has 1 aromatic carbocycles. The van der Waals surface area contributed by atoms with Gasteiger partial charge in [-0.1, -0.05) is 0 Å². The average molecular weight is 385 g/mol. The fraction of sp³-hybridized carbons (Fsp3) is 0.632. The second-order valence-corrected chi connectivity index (χ2v) is 9.12. The van der Waals surface area contributed by atoms with Gasteiger partial charge in [0.15, 0.2) is 0 Å². The first kappa shape index (κ1) is 20.2. The molecule has 0 aliphatic rings. The zero-order chi connectivity index (χ0) is 17.3. The van der Waals surface area contributed by atoms with Gasteiger partial charge < -0.3 is 0 Å².